The van der Waals surface area contributed by atoms with E-state index in [0.717, 1.165) is 48.0 Å². The molecule has 158 valence electrons. The number of benzene rings is 2. The van der Waals surface area contributed by atoms with Crippen LogP contribution in [-0.2, 0) is 25.7 Å². The summed E-state index contributed by atoms with van der Waals surface area (Å²) in [5.74, 6) is 2.79. The average Bonchev–Trinajstić information content (AvgIpc) is 3.19. The van der Waals surface area contributed by atoms with E-state index in [1.807, 2.05) is 29.5 Å². The SMILES string of the molecule is COc1ccc(CCNc2nc(Cc3ccccc3)nc3sc4c(c23)CCCC4)cc1. The fourth-order valence-corrected chi connectivity index (χ4v) is 5.58. The van der Waals surface area contributed by atoms with Crippen LogP contribution in [0.1, 0.15) is 40.2 Å². The molecular weight excluding hydrogens is 402 g/mol. The molecule has 1 aliphatic rings. The number of aromatic nitrogens is 2. The third kappa shape index (κ3) is 4.42. The molecule has 0 atom stereocenters. The zero-order valence-electron chi connectivity index (χ0n) is 17.9. The van der Waals surface area contributed by atoms with Gasteiger partial charge in [0.05, 0.1) is 12.5 Å². The molecule has 5 rings (SSSR count). The molecule has 31 heavy (non-hydrogen) atoms. The zero-order chi connectivity index (χ0) is 21.0. The summed E-state index contributed by atoms with van der Waals surface area (Å²) in [7, 11) is 1.70. The second-order valence-electron chi connectivity index (χ2n) is 8.07. The maximum atomic E-state index is 5.27. The number of anilines is 1. The van der Waals surface area contributed by atoms with Crippen molar-refractivity contribution in [2.45, 2.75) is 38.5 Å². The molecular formula is C26H27N3OS. The highest BCUT2D eigenvalue weighted by Gasteiger charge is 2.21. The molecule has 0 spiro atoms. The summed E-state index contributed by atoms with van der Waals surface area (Å²) in [5, 5.41) is 4.91. The van der Waals surface area contributed by atoms with Crippen LogP contribution in [0.2, 0.25) is 0 Å². The minimum Gasteiger partial charge on any atom is -0.497 e. The van der Waals surface area contributed by atoms with Crippen LogP contribution in [0, 0.1) is 0 Å². The summed E-state index contributed by atoms with van der Waals surface area (Å²) in [5.41, 5.74) is 4.01. The molecule has 0 amide bonds. The van der Waals surface area contributed by atoms with E-state index in [9.17, 15) is 0 Å². The van der Waals surface area contributed by atoms with Crippen LogP contribution >= 0.6 is 11.3 Å². The second-order valence-corrected chi connectivity index (χ2v) is 9.15. The summed E-state index contributed by atoms with van der Waals surface area (Å²) < 4.78 is 5.27. The first-order chi connectivity index (χ1) is 15.3. The van der Waals surface area contributed by atoms with E-state index in [-0.39, 0.29) is 0 Å². The van der Waals surface area contributed by atoms with Gasteiger partial charge in [-0.15, -0.1) is 11.3 Å². The number of fused-ring (bicyclic) bond motifs is 3. The van der Waals surface area contributed by atoms with Crippen molar-refractivity contribution in [1.82, 2.24) is 9.97 Å². The Kier molecular flexibility index (Phi) is 5.85. The van der Waals surface area contributed by atoms with E-state index < -0.39 is 0 Å². The molecule has 0 fully saturated rings. The molecule has 4 nitrogen and oxygen atoms in total. The number of rotatable bonds is 7. The van der Waals surface area contributed by atoms with Gasteiger partial charge in [0.1, 0.15) is 22.2 Å². The Bertz CT molecular complexity index is 1170. The Balaban J connectivity index is 1.42. The van der Waals surface area contributed by atoms with Crippen molar-refractivity contribution in [1.29, 1.82) is 0 Å². The molecule has 2 aromatic heterocycles. The topological polar surface area (TPSA) is 47.0 Å². The maximum absolute atomic E-state index is 5.27. The molecule has 5 heteroatoms. The number of hydrogen-bond acceptors (Lipinski definition) is 5. The molecule has 1 N–H and O–H groups in total. The summed E-state index contributed by atoms with van der Waals surface area (Å²) in [6.45, 7) is 0.841. The average molecular weight is 430 g/mol. The van der Waals surface area contributed by atoms with E-state index in [4.69, 9.17) is 14.7 Å². The van der Waals surface area contributed by atoms with Gasteiger partial charge in [-0.05, 0) is 60.9 Å². The summed E-state index contributed by atoms with van der Waals surface area (Å²) >= 11 is 1.87. The first kappa shape index (κ1) is 20.0. The van der Waals surface area contributed by atoms with Crippen LogP contribution in [0.4, 0.5) is 5.82 Å². The summed E-state index contributed by atoms with van der Waals surface area (Å²) in [6.07, 6.45) is 6.56. The number of aryl methyl sites for hydroxylation is 2. The molecule has 2 aromatic carbocycles. The van der Waals surface area contributed by atoms with Crippen molar-refractivity contribution in [2.75, 3.05) is 19.0 Å². The van der Waals surface area contributed by atoms with Gasteiger partial charge in [-0.25, -0.2) is 9.97 Å². The molecule has 2 heterocycles. The van der Waals surface area contributed by atoms with Crippen LogP contribution in [0.3, 0.4) is 0 Å². The van der Waals surface area contributed by atoms with Gasteiger partial charge < -0.3 is 10.1 Å². The van der Waals surface area contributed by atoms with Crippen LogP contribution in [0.25, 0.3) is 10.2 Å². The van der Waals surface area contributed by atoms with Crippen LogP contribution in [0.15, 0.2) is 54.6 Å². The van der Waals surface area contributed by atoms with E-state index in [1.54, 1.807) is 7.11 Å². The first-order valence-electron chi connectivity index (χ1n) is 11.0. The van der Waals surface area contributed by atoms with Gasteiger partial charge in [-0.1, -0.05) is 42.5 Å². The molecule has 0 bridgehead atoms. The summed E-state index contributed by atoms with van der Waals surface area (Å²) in [4.78, 5) is 12.6. The third-order valence-electron chi connectivity index (χ3n) is 5.93. The molecule has 1 aliphatic carbocycles. The van der Waals surface area contributed by atoms with E-state index >= 15 is 0 Å². The lowest BCUT2D eigenvalue weighted by Crippen LogP contribution is -2.10. The van der Waals surface area contributed by atoms with Crippen LogP contribution in [0.5, 0.6) is 5.75 Å². The van der Waals surface area contributed by atoms with E-state index in [2.05, 4.69) is 41.7 Å². The second kappa shape index (κ2) is 9.06. The quantitative estimate of drug-likeness (QED) is 0.402. The molecule has 0 saturated heterocycles. The molecule has 0 aliphatic heterocycles. The van der Waals surface area contributed by atoms with Crippen molar-refractivity contribution in [3.8, 4) is 5.75 Å². The highest BCUT2D eigenvalue weighted by molar-refractivity contribution is 7.19. The lowest BCUT2D eigenvalue weighted by molar-refractivity contribution is 0.414. The zero-order valence-corrected chi connectivity index (χ0v) is 18.7. The Labute approximate surface area is 187 Å². The standard InChI is InChI=1S/C26H27N3OS/c1-30-20-13-11-18(12-14-20)15-16-27-25-24-21-9-5-6-10-22(21)31-26(24)29-23(28-25)17-19-7-3-2-4-8-19/h2-4,7-8,11-14H,5-6,9-10,15-17H2,1H3,(H,27,28,29). The van der Waals surface area contributed by atoms with Crippen molar-refractivity contribution in [3.05, 3.63) is 82.0 Å². The van der Waals surface area contributed by atoms with Gasteiger partial charge in [0.15, 0.2) is 0 Å². The molecule has 4 aromatic rings. The Morgan fingerprint density at radius 1 is 0.935 bits per heavy atom. The lowest BCUT2D eigenvalue weighted by Gasteiger charge is -2.13. The minimum absolute atomic E-state index is 0.756. The molecule has 0 radical (unpaired) electrons. The number of nitrogens with one attached hydrogen (secondary N) is 1. The Morgan fingerprint density at radius 2 is 1.74 bits per heavy atom. The smallest absolute Gasteiger partial charge is 0.138 e. The highest BCUT2D eigenvalue weighted by Crippen LogP contribution is 2.38. The fourth-order valence-electron chi connectivity index (χ4n) is 4.30. The monoisotopic (exact) mass is 429 g/mol. The Morgan fingerprint density at radius 3 is 2.55 bits per heavy atom. The number of nitrogens with zero attached hydrogens (tertiary/aromatic N) is 2. The minimum atomic E-state index is 0.756. The van der Waals surface area contributed by atoms with Crippen molar-refractivity contribution in [3.63, 3.8) is 0 Å². The van der Waals surface area contributed by atoms with Crippen molar-refractivity contribution in [2.24, 2.45) is 0 Å². The van der Waals surface area contributed by atoms with Crippen molar-refractivity contribution < 1.29 is 4.74 Å². The third-order valence-corrected chi connectivity index (χ3v) is 7.12. The van der Waals surface area contributed by atoms with Crippen molar-refractivity contribution >= 4 is 27.4 Å². The first-order valence-corrected chi connectivity index (χ1v) is 11.8. The number of methoxy groups -OCH3 is 1. The van der Waals surface area contributed by atoms with Gasteiger partial charge in [0.25, 0.3) is 0 Å². The Hall–Kier alpha value is -2.92. The van der Waals surface area contributed by atoms with Gasteiger partial charge in [-0.2, -0.15) is 0 Å². The molecule has 0 unspecified atom stereocenters. The number of ether oxygens (including phenoxy) is 1. The fraction of sp³-hybridized carbons (Fsp3) is 0.308. The van der Waals surface area contributed by atoms with E-state index in [1.165, 1.54) is 46.2 Å². The predicted molar refractivity (Wildman–Crippen MR) is 128 cm³/mol. The normalized spacial score (nSPS) is 13.2. The predicted octanol–water partition coefficient (Wildman–Crippen LogP) is 5.82. The van der Waals surface area contributed by atoms with Gasteiger partial charge in [0.2, 0.25) is 0 Å². The van der Waals surface area contributed by atoms with Gasteiger partial charge >= 0.3 is 0 Å². The summed E-state index contributed by atoms with van der Waals surface area (Å²) in [6, 6.07) is 18.8. The van der Waals surface area contributed by atoms with Crippen LogP contribution < -0.4 is 10.1 Å². The van der Waals surface area contributed by atoms with Gasteiger partial charge in [-0.3, -0.25) is 0 Å². The van der Waals surface area contributed by atoms with E-state index in [0.29, 0.717) is 0 Å². The largest absolute Gasteiger partial charge is 0.497 e. The highest BCUT2D eigenvalue weighted by atomic mass is 32.1. The number of hydrogen-bond donors (Lipinski definition) is 1. The molecule has 0 saturated carbocycles. The maximum Gasteiger partial charge on any atom is 0.138 e. The van der Waals surface area contributed by atoms with Crippen LogP contribution in [-0.4, -0.2) is 23.6 Å². The lowest BCUT2D eigenvalue weighted by atomic mass is 9.97. The number of thiophene rings is 1. The van der Waals surface area contributed by atoms with Gasteiger partial charge in [0, 0.05) is 17.8 Å².